The summed E-state index contributed by atoms with van der Waals surface area (Å²) in [5.41, 5.74) is 1.10. The molecule has 1 amide bonds. The topological polar surface area (TPSA) is 62.2 Å². The third kappa shape index (κ3) is 3.67. The molecule has 0 saturated heterocycles. The quantitative estimate of drug-likeness (QED) is 0.833. The van der Waals surface area contributed by atoms with E-state index in [4.69, 9.17) is 11.6 Å². The third-order valence-corrected chi connectivity index (χ3v) is 3.92. The summed E-state index contributed by atoms with van der Waals surface area (Å²) < 4.78 is 0. The maximum Gasteiger partial charge on any atom is 0.253 e. The van der Waals surface area contributed by atoms with E-state index in [9.17, 15) is 9.90 Å². The molecule has 1 aromatic rings. The van der Waals surface area contributed by atoms with E-state index in [2.05, 4.69) is 10.3 Å². The molecule has 0 aromatic carbocycles. The highest BCUT2D eigenvalue weighted by molar-refractivity contribution is 6.29. The standard InChI is InChI=1S/C14H19ClN2O2/c1-9-11(6-7-13(15)17-9)14(19)16-8-12(18)10-4-2-3-5-10/h6-7,10,12,18H,2-5,8H2,1H3,(H,16,19). The number of amides is 1. The molecule has 4 nitrogen and oxygen atoms in total. The number of aromatic nitrogens is 1. The van der Waals surface area contributed by atoms with Gasteiger partial charge in [-0.3, -0.25) is 4.79 Å². The van der Waals surface area contributed by atoms with Crippen LogP contribution >= 0.6 is 11.6 Å². The fourth-order valence-corrected chi connectivity index (χ4v) is 2.76. The molecule has 0 aliphatic heterocycles. The predicted octanol–water partition coefficient (Wildman–Crippen LogP) is 2.32. The van der Waals surface area contributed by atoms with Crippen molar-refractivity contribution in [2.24, 2.45) is 5.92 Å². The molecule has 1 unspecified atom stereocenters. The second-order valence-electron chi connectivity index (χ2n) is 5.09. The normalized spacial score (nSPS) is 17.4. The first-order chi connectivity index (χ1) is 9.08. The molecule has 0 spiro atoms. The highest BCUT2D eigenvalue weighted by Crippen LogP contribution is 2.27. The van der Waals surface area contributed by atoms with Crippen LogP contribution < -0.4 is 5.32 Å². The average Bonchev–Trinajstić information content (AvgIpc) is 2.89. The lowest BCUT2D eigenvalue weighted by Gasteiger charge is -2.18. The van der Waals surface area contributed by atoms with Gasteiger partial charge in [0.1, 0.15) is 5.15 Å². The number of carbonyl (C=O) groups excluding carboxylic acids is 1. The Labute approximate surface area is 118 Å². The van der Waals surface area contributed by atoms with Gasteiger partial charge in [0.2, 0.25) is 0 Å². The monoisotopic (exact) mass is 282 g/mol. The van der Waals surface area contributed by atoms with Gasteiger partial charge in [0.25, 0.3) is 5.91 Å². The van der Waals surface area contributed by atoms with Crippen LogP contribution in [0.4, 0.5) is 0 Å². The van der Waals surface area contributed by atoms with Crippen molar-refractivity contribution in [3.8, 4) is 0 Å². The first-order valence-electron chi connectivity index (χ1n) is 6.67. The molecule has 0 bridgehead atoms. The molecular weight excluding hydrogens is 264 g/mol. The van der Waals surface area contributed by atoms with Crippen LogP contribution in [0.5, 0.6) is 0 Å². The van der Waals surface area contributed by atoms with Gasteiger partial charge >= 0.3 is 0 Å². The second kappa shape index (κ2) is 6.35. The molecule has 1 aromatic heterocycles. The van der Waals surface area contributed by atoms with E-state index >= 15 is 0 Å². The van der Waals surface area contributed by atoms with Gasteiger partial charge in [-0.2, -0.15) is 0 Å². The number of aliphatic hydroxyl groups excluding tert-OH is 1. The van der Waals surface area contributed by atoms with Crippen LogP contribution in [0.15, 0.2) is 12.1 Å². The predicted molar refractivity (Wildman–Crippen MR) is 74.3 cm³/mol. The van der Waals surface area contributed by atoms with Gasteiger partial charge in [0, 0.05) is 6.54 Å². The largest absolute Gasteiger partial charge is 0.391 e. The second-order valence-corrected chi connectivity index (χ2v) is 5.48. The van der Waals surface area contributed by atoms with Gasteiger partial charge in [-0.15, -0.1) is 0 Å². The van der Waals surface area contributed by atoms with Crippen LogP contribution in [0.25, 0.3) is 0 Å². The Kier molecular flexibility index (Phi) is 4.77. The Balaban J connectivity index is 1.90. The van der Waals surface area contributed by atoms with E-state index in [1.165, 1.54) is 12.8 Å². The lowest BCUT2D eigenvalue weighted by Crippen LogP contribution is -2.35. The van der Waals surface area contributed by atoms with Gasteiger partial charge in [-0.25, -0.2) is 4.98 Å². The minimum atomic E-state index is -0.452. The van der Waals surface area contributed by atoms with E-state index in [-0.39, 0.29) is 5.91 Å². The van der Waals surface area contributed by atoms with Crippen molar-refractivity contribution in [1.29, 1.82) is 0 Å². The van der Waals surface area contributed by atoms with Crippen LogP contribution in [0.2, 0.25) is 5.15 Å². The molecule has 1 aliphatic rings. The summed E-state index contributed by atoms with van der Waals surface area (Å²) in [7, 11) is 0. The molecule has 5 heteroatoms. The van der Waals surface area contributed by atoms with Crippen molar-refractivity contribution in [2.45, 2.75) is 38.7 Å². The maximum absolute atomic E-state index is 12.0. The molecule has 1 aliphatic carbocycles. The summed E-state index contributed by atoms with van der Waals surface area (Å²) in [6, 6.07) is 3.25. The van der Waals surface area contributed by atoms with Crippen molar-refractivity contribution < 1.29 is 9.90 Å². The zero-order chi connectivity index (χ0) is 13.8. The van der Waals surface area contributed by atoms with Crippen molar-refractivity contribution >= 4 is 17.5 Å². The van der Waals surface area contributed by atoms with Gasteiger partial charge in [-0.05, 0) is 37.8 Å². The van der Waals surface area contributed by atoms with E-state index < -0.39 is 6.10 Å². The molecule has 2 rings (SSSR count). The summed E-state index contributed by atoms with van der Waals surface area (Å²) in [4.78, 5) is 16.0. The summed E-state index contributed by atoms with van der Waals surface area (Å²) in [6.07, 6.45) is 4.01. The number of hydrogen-bond acceptors (Lipinski definition) is 3. The fraction of sp³-hybridized carbons (Fsp3) is 0.571. The Hall–Kier alpha value is -1.13. The molecule has 1 heterocycles. The Morgan fingerprint density at radius 1 is 1.53 bits per heavy atom. The van der Waals surface area contributed by atoms with E-state index in [0.717, 1.165) is 12.8 Å². The molecular formula is C14H19ClN2O2. The molecule has 1 fully saturated rings. The SMILES string of the molecule is Cc1nc(Cl)ccc1C(=O)NCC(O)C1CCCC1. The van der Waals surface area contributed by atoms with E-state index in [1.54, 1.807) is 19.1 Å². The first-order valence-corrected chi connectivity index (χ1v) is 7.05. The lowest BCUT2D eigenvalue weighted by atomic mass is 10.0. The number of carbonyl (C=O) groups is 1. The number of nitrogens with zero attached hydrogens (tertiary/aromatic N) is 1. The summed E-state index contributed by atoms with van der Waals surface area (Å²) in [5.74, 6) is 0.114. The van der Waals surface area contributed by atoms with Crippen molar-refractivity contribution in [3.05, 3.63) is 28.5 Å². The number of hydrogen-bond donors (Lipinski definition) is 2. The van der Waals surface area contributed by atoms with E-state index in [1.807, 2.05) is 0 Å². The van der Waals surface area contributed by atoms with Gasteiger partial charge in [0.15, 0.2) is 0 Å². The molecule has 19 heavy (non-hydrogen) atoms. The zero-order valence-corrected chi connectivity index (χ0v) is 11.8. The molecule has 1 saturated carbocycles. The third-order valence-electron chi connectivity index (χ3n) is 3.71. The number of rotatable bonds is 4. The number of pyridine rings is 1. The molecule has 104 valence electrons. The van der Waals surface area contributed by atoms with Crippen LogP contribution in [0.3, 0.4) is 0 Å². The van der Waals surface area contributed by atoms with Crippen LogP contribution in [0, 0.1) is 12.8 Å². The Morgan fingerprint density at radius 3 is 2.84 bits per heavy atom. The van der Waals surface area contributed by atoms with Crippen molar-refractivity contribution in [2.75, 3.05) is 6.54 Å². The zero-order valence-electron chi connectivity index (χ0n) is 11.0. The van der Waals surface area contributed by atoms with Crippen molar-refractivity contribution in [1.82, 2.24) is 10.3 Å². The number of nitrogens with one attached hydrogen (secondary N) is 1. The summed E-state index contributed by atoms with van der Waals surface area (Å²) in [5, 5.41) is 13.1. The van der Waals surface area contributed by atoms with Crippen LogP contribution in [0.1, 0.15) is 41.7 Å². The first kappa shape index (κ1) is 14.3. The van der Waals surface area contributed by atoms with Crippen molar-refractivity contribution in [3.63, 3.8) is 0 Å². The summed E-state index contributed by atoms with van der Waals surface area (Å²) >= 11 is 5.75. The van der Waals surface area contributed by atoms with Gasteiger partial charge < -0.3 is 10.4 Å². The summed E-state index contributed by atoms with van der Waals surface area (Å²) in [6.45, 7) is 2.04. The number of aliphatic hydroxyl groups is 1. The minimum Gasteiger partial charge on any atom is -0.391 e. The number of halogens is 1. The molecule has 0 radical (unpaired) electrons. The Bertz CT molecular complexity index is 459. The Morgan fingerprint density at radius 2 is 2.21 bits per heavy atom. The van der Waals surface area contributed by atoms with Crippen LogP contribution in [-0.4, -0.2) is 28.6 Å². The molecule has 2 N–H and O–H groups in total. The lowest BCUT2D eigenvalue weighted by molar-refractivity contribution is 0.0840. The number of aryl methyl sites for hydroxylation is 1. The van der Waals surface area contributed by atoms with E-state index in [0.29, 0.717) is 28.9 Å². The maximum atomic E-state index is 12.0. The van der Waals surface area contributed by atoms with Crippen LogP contribution in [-0.2, 0) is 0 Å². The highest BCUT2D eigenvalue weighted by atomic mass is 35.5. The average molecular weight is 283 g/mol. The van der Waals surface area contributed by atoms with Gasteiger partial charge in [0.05, 0.1) is 17.4 Å². The minimum absolute atomic E-state index is 0.210. The van der Waals surface area contributed by atoms with Gasteiger partial charge in [-0.1, -0.05) is 24.4 Å². The highest BCUT2D eigenvalue weighted by Gasteiger charge is 2.23. The fourth-order valence-electron chi connectivity index (χ4n) is 2.57. The molecule has 1 atom stereocenters. The smallest absolute Gasteiger partial charge is 0.253 e.